The molecule has 1 aromatic heterocycles. The lowest BCUT2D eigenvalue weighted by molar-refractivity contribution is 0.201. The van der Waals surface area contributed by atoms with Crippen molar-refractivity contribution >= 4 is 11.6 Å². The largest absolute Gasteiger partial charge is 0.493 e. The summed E-state index contributed by atoms with van der Waals surface area (Å²) in [5.41, 5.74) is 4.82. The molecule has 1 fully saturated rings. The van der Waals surface area contributed by atoms with Gasteiger partial charge in [-0.15, -0.1) is 0 Å². The van der Waals surface area contributed by atoms with Gasteiger partial charge in [0.2, 0.25) is 0 Å². The highest BCUT2D eigenvalue weighted by Crippen LogP contribution is 2.35. The fraction of sp³-hybridized carbons (Fsp3) is 0.258. The Kier molecular flexibility index (Phi) is 7.08. The molecule has 0 saturated heterocycles. The third-order valence-corrected chi connectivity index (χ3v) is 6.91. The van der Waals surface area contributed by atoms with Crippen LogP contribution in [0.15, 0.2) is 89.9 Å². The molecule has 1 aliphatic carbocycles. The van der Waals surface area contributed by atoms with Gasteiger partial charge in [0.1, 0.15) is 0 Å². The van der Waals surface area contributed by atoms with Crippen LogP contribution in [0.2, 0.25) is 0 Å². The first-order valence-electron chi connectivity index (χ1n) is 12.6. The number of aromatic amines is 1. The van der Waals surface area contributed by atoms with Crippen molar-refractivity contribution in [1.82, 2.24) is 9.55 Å². The molecule has 0 bridgehead atoms. The molecule has 0 aliphatic heterocycles. The van der Waals surface area contributed by atoms with E-state index in [1.807, 2.05) is 59.2 Å². The van der Waals surface area contributed by atoms with Crippen molar-refractivity contribution in [3.63, 3.8) is 0 Å². The van der Waals surface area contributed by atoms with Crippen molar-refractivity contribution < 1.29 is 9.47 Å². The maximum atomic E-state index is 13.1. The van der Waals surface area contributed by atoms with Gasteiger partial charge in [-0.3, -0.25) is 4.57 Å². The molecule has 5 rings (SSSR count). The fourth-order valence-electron chi connectivity index (χ4n) is 5.04. The van der Waals surface area contributed by atoms with Gasteiger partial charge in [-0.05, 0) is 73.1 Å². The monoisotopic (exact) mass is 480 g/mol. The van der Waals surface area contributed by atoms with Crippen LogP contribution in [0, 0.1) is 0 Å². The second-order valence-electron chi connectivity index (χ2n) is 9.33. The Hall–Kier alpha value is -3.99. The molecule has 3 aromatic carbocycles. The Bertz CT molecular complexity index is 1340. The van der Waals surface area contributed by atoms with E-state index in [2.05, 4.69) is 42.2 Å². The molecule has 5 nitrogen and oxygen atoms in total. The van der Waals surface area contributed by atoms with Crippen LogP contribution in [0.1, 0.15) is 61.0 Å². The minimum Gasteiger partial charge on any atom is -0.493 e. The fourth-order valence-corrected chi connectivity index (χ4v) is 5.04. The summed E-state index contributed by atoms with van der Waals surface area (Å²) >= 11 is 0. The average Bonchev–Trinajstić information content (AvgIpc) is 3.56. The first kappa shape index (κ1) is 23.7. The average molecular weight is 481 g/mol. The van der Waals surface area contributed by atoms with E-state index in [1.165, 1.54) is 12.8 Å². The summed E-state index contributed by atoms with van der Waals surface area (Å²) < 4.78 is 13.7. The van der Waals surface area contributed by atoms with E-state index in [0.29, 0.717) is 0 Å². The normalized spacial score (nSPS) is 14.4. The number of aromatic nitrogens is 2. The molecule has 1 saturated carbocycles. The number of hydrogen-bond donors (Lipinski definition) is 1. The summed E-state index contributed by atoms with van der Waals surface area (Å²) in [7, 11) is 1.67. The molecule has 36 heavy (non-hydrogen) atoms. The molecule has 1 aliphatic rings. The summed E-state index contributed by atoms with van der Waals surface area (Å²) in [5.74, 6) is 1.51. The molecular formula is C31H32N2O3. The quantitative estimate of drug-likeness (QED) is 0.305. The Morgan fingerprint density at radius 2 is 1.58 bits per heavy atom. The molecule has 1 heterocycles. The van der Waals surface area contributed by atoms with E-state index in [4.69, 9.17) is 9.47 Å². The van der Waals surface area contributed by atoms with Gasteiger partial charge < -0.3 is 14.5 Å². The van der Waals surface area contributed by atoms with E-state index in [9.17, 15) is 4.79 Å². The topological polar surface area (TPSA) is 56.2 Å². The molecule has 0 unspecified atom stereocenters. The smallest absolute Gasteiger partial charge is 0.326 e. The molecule has 184 valence electrons. The van der Waals surface area contributed by atoms with Crippen LogP contribution in [-0.4, -0.2) is 22.8 Å². The van der Waals surface area contributed by atoms with Gasteiger partial charge in [-0.25, -0.2) is 4.79 Å². The third-order valence-electron chi connectivity index (χ3n) is 6.91. The molecule has 1 N–H and O–H groups in total. The van der Waals surface area contributed by atoms with Crippen LogP contribution >= 0.6 is 0 Å². The number of nitrogens with one attached hydrogen (secondary N) is 1. The Labute approximate surface area is 212 Å². The number of H-pyrrole nitrogens is 1. The third kappa shape index (κ3) is 5.01. The molecule has 0 atom stereocenters. The van der Waals surface area contributed by atoms with E-state index in [0.717, 1.165) is 52.3 Å². The van der Waals surface area contributed by atoms with Gasteiger partial charge in [0.15, 0.2) is 11.5 Å². The number of nitrogens with zero attached hydrogens (tertiary/aromatic N) is 1. The number of imidazole rings is 1. The molecular weight excluding hydrogens is 448 g/mol. The molecule has 0 amide bonds. The number of allylic oxidation sites excluding steroid dienone is 1. The summed E-state index contributed by atoms with van der Waals surface area (Å²) in [6.45, 7) is 2.06. The second kappa shape index (κ2) is 10.7. The minimum atomic E-state index is -0.248. The lowest BCUT2D eigenvalue weighted by Crippen LogP contribution is -2.25. The summed E-state index contributed by atoms with van der Waals surface area (Å²) in [6, 6.07) is 26.1. The summed E-state index contributed by atoms with van der Waals surface area (Å²) in [5, 5.41) is 0. The lowest BCUT2D eigenvalue weighted by atomic mass is 9.98. The van der Waals surface area contributed by atoms with Crippen molar-refractivity contribution in [2.45, 2.75) is 44.8 Å². The number of hydrogen-bond acceptors (Lipinski definition) is 3. The molecule has 5 heteroatoms. The first-order valence-corrected chi connectivity index (χ1v) is 12.6. The van der Waals surface area contributed by atoms with Crippen molar-refractivity contribution in [2.75, 3.05) is 7.11 Å². The SMILES string of the molecule is COc1ccc(C(C)=Cc2c[nH]c(=O)n2C(c2ccccc2)c2ccccc2)cc1OC1CCCC1. The van der Waals surface area contributed by atoms with Crippen molar-refractivity contribution in [3.8, 4) is 11.5 Å². The van der Waals surface area contributed by atoms with Crippen LogP contribution in [0.25, 0.3) is 11.6 Å². The van der Waals surface area contributed by atoms with Crippen LogP contribution in [0.5, 0.6) is 11.5 Å². The van der Waals surface area contributed by atoms with Crippen molar-refractivity contribution in [3.05, 3.63) is 118 Å². The zero-order chi connectivity index (χ0) is 24.9. The molecule has 4 aromatic rings. The van der Waals surface area contributed by atoms with E-state index < -0.39 is 0 Å². The maximum Gasteiger partial charge on any atom is 0.326 e. The first-order chi connectivity index (χ1) is 17.6. The zero-order valence-corrected chi connectivity index (χ0v) is 20.8. The summed E-state index contributed by atoms with van der Waals surface area (Å²) in [6.07, 6.45) is 8.66. The van der Waals surface area contributed by atoms with Gasteiger partial charge in [-0.1, -0.05) is 66.7 Å². The van der Waals surface area contributed by atoms with Crippen LogP contribution in [0.3, 0.4) is 0 Å². The predicted octanol–water partition coefficient (Wildman–Crippen LogP) is 6.70. The Morgan fingerprint density at radius 1 is 0.944 bits per heavy atom. The van der Waals surface area contributed by atoms with E-state index >= 15 is 0 Å². The van der Waals surface area contributed by atoms with Crippen LogP contribution < -0.4 is 15.2 Å². The van der Waals surface area contributed by atoms with Crippen molar-refractivity contribution in [1.29, 1.82) is 0 Å². The number of methoxy groups -OCH3 is 1. The highest BCUT2D eigenvalue weighted by molar-refractivity contribution is 5.80. The lowest BCUT2D eigenvalue weighted by Gasteiger charge is -2.21. The van der Waals surface area contributed by atoms with Gasteiger partial charge in [0.05, 0.1) is 24.9 Å². The Morgan fingerprint density at radius 3 is 2.19 bits per heavy atom. The van der Waals surface area contributed by atoms with Gasteiger partial charge in [0.25, 0.3) is 0 Å². The van der Waals surface area contributed by atoms with E-state index in [1.54, 1.807) is 13.3 Å². The molecule has 0 spiro atoms. The maximum absolute atomic E-state index is 13.1. The standard InChI is InChI=1S/C31H32N2O3/c1-22(25-17-18-28(35-2)29(20-25)36-27-15-9-10-16-27)19-26-21-32-31(34)33(26)30(23-11-5-3-6-12-23)24-13-7-4-8-14-24/h3-8,11-14,17-21,27,30H,9-10,15-16H2,1-2H3,(H,32,34). The van der Waals surface area contributed by atoms with Gasteiger partial charge in [0, 0.05) is 6.20 Å². The number of rotatable bonds is 8. The zero-order valence-electron chi connectivity index (χ0n) is 20.8. The Balaban J connectivity index is 1.54. The van der Waals surface area contributed by atoms with Crippen LogP contribution in [0.4, 0.5) is 0 Å². The number of ether oxygens (including phenoxy) is 2. The van der Waals surface area contributed by atoms with Gasteiger partial charge >= 0.3 is 5.69 Å². The summed E-state index contributed by atoms with van der Waals surface area (Å²) in [4.78, 5) is 16.0. The van der Waals surface area contributed by atoms with Gasteiger partial charge in [-0.2, -0.15) is 0 Å². The second-order valence-corrected chi connectivity index (χ2v) is 9.33. The van der Waals surface area contributed by atoms with Crippen LogP contribution in [-0.2, 0) is 0 Å². The predicted molar refractivity (Wildman–Crippen MR) is 145 cm³/mol. The minimum absolute atomic E-state index is 0.147. The van der Waals surface area contributed by atoms with Crippen molar-refractivity contribution in [2.24, 2.45) is 0 Å². The number of benzene rings is 3. The highest BCUT2D eigenvalue weighted by Gasteiger charge is 2.21. The highest BCUT2D eigenvalue weighted by atomic mass is 16.5. The van der Waals surface area contributed by atoms with E-state index in [-0.39, 0.29) is 17.8 Å². The molecule has 0 radical (unpaired) electrons.